The monoisotopic (exact) mass is 244 g/mol. The summed E-state index contributed by atoms with van der Waals surface area (Å²) in [5.74, 6) is 0.656. The van der Waals surface area contributed by atoms with Gasteiger partial charge in [0.25, 0.3) is 0 Å². The van der Waals surface area contributed by atoms with Gasteiger partial charge in [-0.25, -0.2) is 0 Å². The Balaban J connectivity index is 3.21. The number of phenols is 1. The van der Waals surface area contributed by atoms with Crippen molar-refractivity contribution in [2.45, 2.75) is 12.8 Å². The Hall–Kier alpha value is -1.42. The molecule has 1 N–H and O–H groups in total. The first-order chi connectivity index (χ1) is 7.65. The first kappa shape index (κ1) is 12.6. The normalized spacial score (nSPS) is 9.94. The summed E-state index contributed by atoms with van der Waals surface area (Å²) in [7, 11) is 2.92. The molecule has 0 saturated heterocycles. The zero-order valence-electron chi connectivity index (χ0n) is 9.12. The molecule has 5 heteroatoms. The fourth-order valence-electron chi connectivity index (χ4n) is 1.40. The smallest absolute Gasteiger partial charge is 0.183 e. The molecular weight excluding hydrogens is 232 g/mol. The number of aryl methyl sites for hydroxylation is 1. The van der Waals surface area contributed by atoms with Crippen molar-refractivity contribution < 1.29 is 19.4 Å². The van der Waals surface area contributed by atoms with Crippen LogP contribution in [0.1, 0.15) is 12.0 Å². The minimum absolute atomic E-state index is 0.0684. The number of methoxy groups -OCH3 is 2. The van der Waals surface area contributed by atoms with Crippen LogP contribution in [0.3, 0.4) is 0 Å². The molecule has 0 aliphatic heterocycles. The minimum atomic E-state index is -0.0684. The van der Waals surface area contributed by atoms with Crippen LogP contribution in [0.25, 0.3) is 0 Å². The second-order valence-corrected chi connectivity index (χ2v) is 3.52. The van der Waals surface area contributed by atoms with E-state index in [1.165, 1.54) is 14.2 Å². The van der Waals surface area contributed by atoms with Crippen molar-refractivity contribution in [2.24, 2.45) is 0 Å². The highest BCUT2D eigenvalue weighted by Crippen LogP contribution is 2.43. The third-order valence-electron chi connectivity index (χ3n) is 2.20. The number of phenolic OH excluding ortho intramolecular Hbond substituents is 1. The van der Waals surface area contributed by atoms with Gasteiger partial charge < -0.3 is 19.4 Å². The molecule has 16 heavy (non-hydrogen) atoms. The summed E-state index contributed by atoms with van der Waals surface area (Å²) in [4.78, 5) is 10.3. The lowest BCUT2D eigenvalue weighted by molar-refractivity contribution is -0.107. The predicted octanol–water partition coefficient (Wildman–Crippen LogP) is 2.19. The van der Waals surface area contributed by atoms with E-state index in [2.05, 4.69) is 0 Å². The summed E-state index contributed by atoms with van der Waals surface area (Å²) in [6.07, 6.45) is 1.51. The van der Waals surface area contributed by atoms with Gasteiger partial charge in [0.05, 0.1) is 14.2 Å². The highest BCUT2D eigenvalue weighted by Gasteiger charge is 2.17. The summed E-state index contributed by atoms with van der Waals surface area (Å²) in [5, 5.41) is 9.87. The zero-order valence-corrected chi connectivity index (χ0v) is 9.87. The van der Waals surface area contributed by atoms with E-state index in [0.717, 1.165) is 6.29 Å². The Morgan fingerprint density at radius 3 is 2.62 bits per heavy atom. The van der Waals surface area contributed by atoms with Crippen LogP contribution in [-0.4, -0.2) is 25.6 Å². The number of benzene rings is 1. The maximum absolute atomic E-state index is 10.3. The summed E-state index contributed by atoms with van der Waals surface area (Å²) in [6.45, 7) is 0. The van der Waals surface area contributed by atoms with Crippen LogP contribution in [0.4, 0.5) is 0 Å². The van der Waals surface area contributed by atoms with Crippen molar-refractivity contribution in [2.75, 3.05) is 14.2 Å². The minimum Gasteiger partial charge on any atom is -0.506 e. The van der Waals surface area contributed by atoms with Crippen LogP contribution in [0, 0.1) is 0 Å². The molecule has 0 bridgehead atoms. The second-order valence-electron chi connectivity index (χ2n) is 3.14. The van der Waals surface area contributed by atoms with Gasteiger partial charge in [0.2, 0.25) is 0 Å². The fourth-order valence-corrected chi connectivity index (χ4v) is 1.69. The Morgan fingerprint density at radius 1 is 1.44 bits per heavy atom. The molecule has 0 aliphatic rings. The van der Waals surface area contributed by atoms with E-state index in [1.54, 1.807) is 6.07 Å². The molecule has 0 aliphatic carbocycles. The predicted molar refractivity (Wildman–Crippen MR) is 60.6 cm³/mol. The number of rotatable bonds is 5. The molecule has 4 nitrogen and oxygen atoms in total. The van der Waals surface area contributed by atoms with Crippen molar-refractivity contribution >= 4 is 17.9 Å². The first-order valence-corrected chi connectivity index (χ1v) is 5.09. The number of aromatic hydroxyl groups is 1. The van der Waals surface area contributed by atoms with Crippen molar-refractivity contribution in [1.29, 1.82) is 0 Å². The molecule has 0 saturated carbocycles. The molecular formula is C11H13ClO4. The van der Waals surface area contributed by atoms with Crippen molar-refractivity contribution in [3.05, 3.63) is 16.7 Å². The number of carbonyl (C=O) groups excluding carboxylic acids is 1. The van der Waals surface area contributed by atoms with E-state index < -0.39 is 0 Å². The molecule has 0 unspecified atom stereocenters. The maximum Gasteiger partial charge on any atom is 0.183 e. The molecule has 1 rings (SSSR count). The molecule has 0 fully saturated rings. The first-order valence-electron chi connectivity index (χ1n) is 4.71. The Bertz CT molecular complexity index is 390. The number of aldehydes is 1. The topological polar surface area (TPSA) is 55.8 Å². The van der Waals surface area contributed by atoms with Crippen LogP contribution in [0.2, 0.25) is 5.02 Å². The number of hydrogen-bond acceptors (Lipinski definition) is 4. The maximum atomic E-state index is 10.3. The van der Waals surface area contributed by atoms with Crippen molar-refractivity contribution in [3.8, 4) is 17.2 Å². The summed E-state index contributed by atoms with van der Waals surface area (Å²) < 4.78 is 10.1. The lowest BCUT2D eigenvalue weighted by Crippen LogP contribution is -1.95. The van der Waals surface area contributed by atoms with Gasteiger partial charge in [-0.2, -0.15) is 0 Å². The van der Waals surface area contributed by atoms with Gasteiger partial charge in [0, 0.05) is 6.42 Å². The molecule has 1 aromatic rings. The molecule has 0 spiro atoms. The molecule has 1 aromatic carbocycles. The summed E-state index contributed by atoms with van der Waals surface area (Å²) in [5.41, 5.74) is 0.565. The van der Waals surface area contributed by atoms with Crippen LogP contribution in [0.15, 0.2) is 6.07 Å². The second kappa shape index (κ2) is 5.61. The molecule has 0 atom stereocenters. The molecule has 0 aromatic heterocycles. The molecule has 0 amide bonds. The van der Waals surface area contributed by atoms with Gasteiger partial charge in [-0.15, -0.1) is 0 Å². The number of halogens is 1. The SMILES string of the molecule is COc1cc(CCC=O)c(O)c(Cl)c1OC. The molecule has 88 valence electrons. The third-order valence-corrected chi connectivity index (χ3v) is 2.55. The Labute approximate surface area is 98.7 Å². The van der Waals surface area contributed by atoms with Gasteiger partial charge in [-0.1, -0.05) is 11.6 Å². The fraction of sp³-hybridized carbons (Fsp3) is 0.364. The van der Waals surface area contributed by atoms with E-state index in [1.807, 2.05) is 0 Å². The number of ether oxygens (including phenoxy) is 2. The summed E-state index contributed by atoms with van der Waals surface area (Å²) in [6, 6.07) is 1.61. The van der Waals surface area contributed by atoms with E-state index in [0.29, 0.717) is 24.2 Å². The van der Waals surface area contributed by atoms with Gasteiger partial charge in [-0.3, -0.25) is 0 Å². The largest absolute Gasteiger partial charge is 0.506 e. The van der Waals surface area contributed by atoms with Crippen LogP contribution in [-0.2, 0) is 11.2 Å². The van der Waals surface area contributed by atoms with Crippen molar-refractivity contribution in [3.63, 3.8) is 0 Å². The molecule has 0 heterocycles. The highest BCUT2D eigenvalue weighted by atomic mass is 35.5. The van der Waals surface area contributed by atoms with E-state index in [-0.39, 0.29) is 16.5 Å². The quantitative estimate of drug-likeness (QED) is 0.807. The van der Waals surface area contributed by atoms with E-state index >= 15 is 0 Å². The Morgan fingerprint density at radius 2 is 2.12 bits per heavy atom. The van der Waals surface area contributed by atoms with Crippen LogP contribution < -0.4 is 9.47 Å². The average molecular weight is 245 g/mol. The number of hydrogen-bond donors (Lipinski definition) is 1. The zero-order chi connectivity index (χ0) is 12.1. The van der Waals surface area contributed by atoms with Crippen molar-refractivity contribution in [1.82, 2.24) is 0 Å². The number of carbonyl (C=O) groups is 1. The van der Waals surface area contributed by atoms with Crippen LogP contribution >= 0.6 is 11.6 Å². The van der Waals surface area contributed by atoms with Gasteiger partial charge in [-0.05, 0) is 18.1 Å². The van der Waals surface area contributed by atoms with Gasteiger partial charge in [0.1, 0.15) is 17.1 Å². The van der Waals surface area contributed by atoms with Gasteiger partial charge in [0.15, 0.2) is 11.5 Å². The lowest BCUT2D eigenvalue weighted by atomic mass is 10.1. The summed E-state index contributed by atoms with van der Waals surface area (Å²) >= 11 is 5.92. The molecule has 0 radical (unpaired) electrons. The highest BCUT2D eigenvalue weighted by molar-refractivity contribution is 6.33. The van der Waals surface area contributed by atoms with Gasteiger partial charge >= 0.3 is 0 Å². The lowest BCUT2D eigenvalue weighted by Gasteiger charge is -2.13. The van der Waals surface area contributed by atoms with E-state index in [4.69, 9.17) is 21.1 Å². The van der Waals surface area contributed by atoms with E-state index in [9.17, 15) is 9.90 Å². The standard InChI is InChI=1S/C11H13ClO4/c1-15-8-6-7(4-3-5-13)10(14)9(12)11(8)16-2/h5-6,14H,3-4H2,1-2H3. The van der Waals surface area contributed by atoms with Crippen LogP contribution in [0.5, 0.6) is 17.2 Å². The average Bonchev–Trinajstić information content (AvgIpc) is 2.30. The third kappa shape index (κ3) is 2.39. The Kier molecular flexibility index (Phi) is 4.43.